The highest BCUT2D eigenvalue weighted by Crippen LogP contribution is 2.28. The average Bonchev–Trinajstić information content (AvgIpc) is 2.44. The van der Waals surface area contributed by atoms with E-state index in [0.717, 1.165) is 12.1 Å². The third-order valence-corrected chi connectivity index (χ3v) is 4.43. The van der Waals surface area contributed by atoms with Gasteiger partial charge in [-0.1, -0.05) is 18.8 Å². The summed E-state index contributed by atoms with van der Waals surface area (Å²) in [4.78, 5) is 0. The van der Waals surface area contributed by atoms with Crippen LogP contribution in [0.25, 0.3) is 0 Å². The Bertz CT molecular complexity index is 708. The van der Waals surface area contributed by atoms with Gasteiger partial charge in [0, 0.05) is 5.56 Å². The van der Waals surface area contributed by atoms with E-state index in [2.05, 4.69) is 16.6 Å². The average molecular weight is 330 g/mol. The number of rotatable bonds is 4. The molecule has 0 saturated heterocycles. The molecule has 1 atom stereocenters. The van der Waals surface area contributed by atoms with Crippen molar-refractivity contribution < 1.29 is 21.6 Å². The number of hydrogen-bond acceptors (Lipinski definition) is 3. The van der Waals surface area contributed by atoms with Crippen LogP contribution in [0.4, 0.5) is 13.2 Å². The van der Waals surface area contributed by atoms with Crippen molar-refractivity contribution in [1.82, 2.24) is 4.72 Å². The molecule has 0 saturated carbocycles. The van der Waals surface area contributed by atoms with Gasteiger partial charge in [0.1, 0.15) is 0 Å². The first-order valence-corrected chi connectivity index (χ1v) is 7.79. The number of nitrogens with one attached hydrogen (secondary N) is 1. The van der Waals surface area contributed by atoms with Crippen molar-refractivity contribution in [2.24, 2.45) is 0 Å². The van der Waals surface area contributed by atoms with E-state index in [1.807, 2.05) is 0 Å². The first kappa shape index (κ1) is 18.0. The number of hydrogen-bond donors (Lipinski definition) is 1. The van der Waals surface area contributed by atoms with Crippen molar-refractivity contribution in [1.29, 1.82) is 5.26 Å². The van der Waals surface area contributed by atoms with Crippen LogP contribution < -0.4 is 4.72 Å². The van der Waals surface area contributed by atoms with Gasteiger partial charge in [0.25, 0.3) is 0 Å². The Morgan fingerprint density at radius 1 is 1.27 bits per heavy atom. The molecule has 0 aliphatic rings. The summed E-state index contributed by atoms with van der Waals surface area (Å²) in [5.74, 6) is 5.03. The Morgan fingerprint density at radius 2 is 1.86 bits per heavy atom. The van der Waals surface area contributed by atoms with E-state index in [0.29, 0.717) is 5.56 Å². The van der Waals surface area contributed by atoms with Gasteiger partial charge in [-0.25, -0.2) is 13.1 Å². The molecule has 0 unspecified atom stereocenters. The SMILES string of the molecule is CC[C@@H](C#N)S(=O)(=O)NCC#Cc1ccc(C(F)(F)F)cc1. The summed E-state index contributed by atoms with van der Waals surface area (Å²) < 4.78 is 62.5. The molecule has 0 aromatic heterocycles. The fourth-order valence-corrected chi connectivity index (χ4v) is 2.56. The van der Waals surface area contributed by atoms with Gasteiger partial charge in [-0.2, -0.15) is 18.4 Å². The third-order valence-electron chi connectivity index (χ3n) is 2.70. The molecule has 0 heterocycles. The quantitative estimate of drug-likeness (QED) is 0.861. The number of sulfonamides is 1. The van der Waals surface area contributed by atoms with Gasteiger partial charge in [0.2, 0.25) is 10.0 Å². The first-order chi connectivity index (χ1) is 10.2. The highest BCUT2D eigenvalue weighted by molar-refractivity contribution is 7.90. The van der Waals surface area contributed by atoms with Crippen molar-refractivity contribution in [2.45, 2.75) is 24.8 Å². The van der Waals surface area contributed by atoms with E-state index in [9.17, 15) is 21.6 Å². The van der Waals surface area contributed by atoms with Crippen LogP contribution in [0.5, 0.6) is 0 Å². The van der Waals surface area contributed by atoms with Crippen LogP contribution in [0.1, 0.15) is 24.5 Å². The maximum Gasteiger partial charge on any atom is 0.416 e. The predicted molar refractivity (Wildman–Crippen MR) is 74.9 cm³/mol. The summed E-state index contributed by atoms with van der Waals surface area (Å²) in [6.45, 7) is 1.35. The Morgan fingerprint density at radius 3 is 2.32 bits per heavy atom. The zero-order valence-electron chi connectivity index (χ0n) is 11.6. The van der Waals surface area contributed by atoms with Crippen LogP contribution in [0.15, 0.2) is 24.3 Å². The molecule has 22 heavy (non-hydrogen) atoms. The fraction of sp³-hybridized carbons (Fsp3) is 0.357. The van der Waals surface area contributed by atoms with Crippen molar-refractivity contribution in [3.8, 4) is 17.9 Å². The monoisotopic (exact) mass is 330 g/mol. The maximum absolute atomic E-state index is 12.4. The Balaban J connectivity index is 2.68. The topological polar surface area (TPSA) is 70.0 Å². The van der Waals surface area contributed by atoms with Crippen LogP contribution in [-0.4, -0.2) is 20.2 Å². The second-order valence-electron chi connectivity index (χ2n) is 4.27. The molecule has 0 fully saturated rings. The number of benzene rings is 1. The standard InChI is InChI=1S/C14H13F3N2O2S/c1-2-13(10-18)22(20,21)19-9-3-4-11-5-7-12(8-6-11)14(15,16)17/h5-8,13,19H,2,9H2,1H3/t13-/m0/s1. The zero-order valence-corrected chi connectivity index (χ0v) is 12.4. The van der Waals surface area contributed by atoms with E-state index in [-0.39, 0.29) is 13.0 Å². The molecule has 0 bridgehead atoms. The number of halogens is 3. The molecule has 0 radical (unpaired) electrons. The molecule has 8 heteroatoms. The van der Waals surface area contributed by atoms with Gasteiger partial charge < -0.3 is 0 Å². The van der Waals surface area contributed by atoms with Gasteiger partial charge in [-0.3, -0.25) is 0 Å². The van der Waals surface area contributed by atoms with E-state index in [4.69, 9.17) is 5.26 Å². The molecule has 0 amide bonds. The molecular formula is C14H13F3N2O2S. The first-order valence-electron chi connectivity index (χ1n) is 6.25. The maximum atomic E-state index is 12.4. The van der Waals surface area contributed by atoms with Crippen molar-refractivity contribution in [3.05, 3.63) is 35.4 Å². The Hall–Kier alpha value is -2.03. The smallest absolute Gasteiger partial charge is 0.211 e. The molecule has 1 rings (SSSR count). The predicted octanol–water partition coefficient (Wildman–Crippen LogP) is 2.28. The zero-order chi connectivity index (χ0) is 16.8. The second kappa shape index (κ2) is 7.30. The van der Waals surface area contributed by atoms with Crippen molar-refractivity contribution in [3.63, 3.8) is 0 Å². The lowest BCUT2D eigenvalue weighted by Gasteiger charge is -2.07. The van der Waals surface area contributed by atoms with E-state index < -0.39 is 27.0 Å². The molecular weight excluding hydrogens is 317 g/mol. The fourth-order valence-electron chi connectivity index (χ4n) is 1.51. The van der Waals surface area contributed by atoms with Crippen LogP contribution in [0.2, 0.25) is 0 Å². The normalized spacial score (nSPS) is 12.9. The molecule has 118 valence electrons. The number of nitrogens with zero attached hydrogens (tertiary/aromatic N) is 1. The van der Waals surface area contributed by atoms with Gasteiger partial charge in [0.05, 0.1) is 18.2 Å². The lowest BCUT2D eigenvalue weighted by Crippen LogP contribution is -2.33. The highest BCUT2D eigenvalue weighted by atomic mass is 32.2. The van der Waals surface area contributed by atoms with Crippen LogP contribution >= 0.6 is 0 Å². The van der Waals surface area contributed by atoms with E-state index in [1.165, 1.54) is 12.1 Å². The number of alkyl halides is 3. The van der Waals surface area contributed by atoms with Crippen molar-refractivity contribution in [2.75, 3.05) is 6.54 Å². The lowest BCUT2D eigenvalue weighted by atomic mass is 10.1. The van der Waals surface area contributed by atoms with E-state index in [1.54, 1.807) is 13.0 Å². The summed E-state index contributed by atoms with van der Waals surface area (Å²) in [5, 5.41) is 7.54. The number of nitriles is 1. The summed E-state index contributed by atoms with van der Waals surface area (Å²) in [6, 6.07) is 5.87. The summed E-state index contributed by atoms with van der Waals surface area (Å²) in [7, 11) is -3.77. The molecule has 0 aliphatic carbocycles. The van der Waals surface area contributed by atoms with Crippen LogP contribution in [0, 0.1) is 23.2 Å². The molecule has 0 spiro atoms. The van der Waals surface area contributed by atoms with E-state index >= 15 is 0 Å². The van der Waals surface area contributed by atoms with Crippen molar-refractivity contribution >= 4 is 10.0 Å². The summed E-state index contributed by atoms with van der Waals surface area (Å²) >= 11 is 0. The van der Waals surface area contributed by atoms with Crippen LogP contribution in [-0.2, 0) is 16.2 Å². The van der Waals surface area contributed by atoms with Gasteiger partial charge in [-0.05, 0) is 30.7 Å². The Labute approximate surface area is 127 Å². The third kappa shape index (κ3) is 5.06. The minimum atomic E-state index is -4.41. The van der Waals surface area contributed by atoms with Gasteiger partial charge in [-0.15, -0.1) is 0 Å². The molecule has 0 aliphatic heterocycles. The summed E-state index contributed by atoms with van der Waals surface area (Å²) in [5.41, 5.74) is -0.446. The molecule has 4 nitrogen and oxygen atoms in total. The largest absolute Gasteiger partial charge is 0.416 e. The molecule has 1 N–H and O–H groups in total. The lowest BCUT2D eigenvalue weighted by molar-refractivity contribution is -0.137. The molecule has 1 aromatic rings. The van der Waals surface area contributed by atoms with Gasteiger partial charge >= 0.3 is 6.18 Å². The minimum Gasteiger partial charge on any atom is -0.211 e. The Kier molecular flexibility index (Phi) is 5.98. The van der Waals surface area contributed by atoms with Crippen LogP contribution in [0.3, 0.4) is 0 Å². The summed E-state index contributed by atoms with van der Waals surface area (Å²) in [6.07, 6.45) is -4.26. The second-order valence-corrected chi connectivity index (χ2v) is 6.22. The minimum absolute atomic E-state index is 0.151. The van der Waals surface area contributed by atoms with Gasteiger partial charge in [0.15, 0.2) is 5.25 Å². The highest BCUT2D eigenvalue weighted by Gasteiger charge is 2.29. The molecule has 1 aromatic carbocycles.